The topological polar surface area (TPSA) is 69.6 Å². The van der Waals surface area contributed by atoms with Gasteiger partial charge in [-0.05, 0) is 30.5 Å². The van der Waals surface area contributed by atoms with Crippen LogP contribution in [0.2, 0.25) is 0 Å². The van der Waals surface area contributed by atoms with Crippen molar-refractivity contribution in [3.8, 4) is 0 Å². The third-order valence-corrected chi connectivity index (χ3v) is 3.31. The van der Waals surface area contributed by atoms with Crippen LogP contribution in [0.5, 0.6) is 0 Å². The lowest BCUT2D eigenvalue weighted by molar-refractivity contribution is -0.126. The Kier molecular flexibility index (Phi) is 4.70. The monoisotopic (exact) mass is 292 g/mol. The van der Waals surface area contributed by atoms with Gasteiger partial charge in [-0.3, -0.25) is 4.79 Å². The standard InChI is InChI=1S/C15H17FN2O3/c1-10-8-18(15(21)17-14(10)20)9-11-4-5-12(3-2-6-19)13(16)7-11/h4-8,15,21H,2-3,9H2,1H3,(H,17,20). The highest BCUT2D eigenvalue weighted by molar-refractivity contribution is 5.93. The zero-order valence-corrected chi connectivity index (χ0v) is 11.7. The summed E-state index contributed by atoms with van der Waals surface area (Å²) in [6.07, 6.45) is 1.83. The molecule has 1 aromatic rings. The van der Waals surface area contributed by atoms with Crippen molar-refractivity contribution in [3.63, 3.8) is 0 Å². The summed E-state index contributed by atoms with van der Waals surface area (Å²) in [4.78, 5) is 23.2. The molecule has 0 saturated carbocycles. The summed E-state index contributed by atoms with van der Waals surface area (Å²) >= 11 is 0. The number of nitrogens with one attached hydrogen (secondary N) is 1. The molecule has 1 aliphatic heterocycles. The average Bonchev–Trinajstić information content (AvgIpc) is 2.44. The molecule has 0 radical (unpaired) electrons. The van der Waals surface area contributed by atoms with Crippen molar-refractivity contribution in [2.75, 3.05) is 0 Å². The van der Waals surface area contributed by atoms with E-state index in [0.717, 1.165) is 6.29 Å². The summed E-state index contributed by atoms with van der Waals surface area (Å²) in [5.74, 6) is -0.695. The number of halogens is 1. The Bertz CT molecular complexity index is 586. The molecule has 1 heterocycles. The molecule has 1 atom stereocenters. The summed E-state index contributed by atoms with van der Waals surface area (Å²) in [6.45, 7) is 1.90. The largest absolute Gasteiger partial charge is 0.356 e. The first-order chi connectivity index (χ1) is 10.0. The predicted octanol–water partition coefficient (Wildman–Crippen LogP) is 1.07. The van der Waals surface area contributed by atoms with Gasteiger partial charge in [-0.1, -0.05) is 12.1 Å². The summed E-state index contributed by atoms with van der Waals surface area (Å²) in [7, 11) is 0. The lowest BCUT2D eigenvalue weighted by atomic mass is 10.1. The Morgan fingerprint density at radius 3 is 2.90 bits per heavy atom. The molecule has 0 spiro atoms. The minimum absolute atomic E-state index is 0.268. The molecule has 0 bridgehead atoms. The smallest absolute Gasteiger partial charge is 0.251 e. The first kappa shape index (κ1) is 15.2. The highest BCUT2D eigenvalue weighted by Crippen LogP contribution is 2.16. The molecule has 0 fully saturated rings. The number of nitrogens with zero attached hydrogens (tertiary/aromatic N) is 1. The van der Waals surface area contributed by atoms with Crippen molar-refractivity contribution >= 4 is 12.2 Å². The summed E-state index contributed by atoms with van der Waals surface area (Å²) < 4.78 is 13.9. The number of aliphatic hydroxyl groups is 1. The van der Waals surface area contributed by atoms with Gasteiger partial charge < -0.3 is 20.1 Å². The Balaban J connectivity index is 2.11. The number of aldehydes is 1. The zero-order chi connectivity index (χ0) is 15.4. The molecule has 2 rings (SSSR count). The fourth-order valence-electron chi connectivity index (χ4n) is 2.14. The minimum atomic E-state index is -1.13. The van der Waals surface area contributed by atoms with Crippen LogP contribution in [0.15, 0.2) is 30.0 Å². The first-order valence-corrected chi connectivity index (χ1v) is 6.65. The highest BCUT2D eigenvalue weighted by atomic mass is 19.1. The number of aliphatic hydroxyl groups excluding tert-OH is 1. The lowest BCUT2D eigenvalue weighted by Gasteiger charge is -2.31. The predicted molar refractivity (Wildman–Crippen MR) is 74.2 cm³/mol. The van der Waals surface area contributed by atoms with E-state index in [0.29, 0.717) is 23.1 Å². The molecule has 0 aromatic heterocycles. The van der Waals surface area contributed by atoms with Crippen LogP contribution < -0.4 is 5.32 Å². The molecule has 2 N–H and O–H groups in total. The van der Waals surface area contributed by atoms with Crippen LogP contribution in [0.4, 0.5) is 4.39 Å². The van der Waals surface area contributed by atoms with Gasteiger partial charge in [-0.2, -0.15) is 0 Å². The number of amides is 1. The molecular formula is C15H17FN2O3. The SMILES string of the molecule is CC1=CN(Cc2ccc(CCC=O)c(F)c2)C(O)NC1=O. The number of aryl methyl sites for hydroxylation is 1. The molecule has 1 unspecified atom stereocenters. The maximum Gasteiger partial charge on any atom is 0.251 e. The van der Waals surface area contributed by atoms with Crippen molar-refractivity contribution in [1.29, 1.82) is 0 Å². The molecule has 1 amide bonds. The number of carbonyl (C=O) groups is 2. The van der Waals surface area contributed by atoms with Crippen LogP contribution in [-0.2, 0) is 22.6 Å². The Morgan fingerprint density at radius 1 is 1.48 bits per heavy atom. The van der Waals surface area contributed by atoms with Crippen LogP contribution >= 0.6 is 0 Å². The zero-order valence-electron chi connectivity index (χ0n) is 11.7. The molecule has 112 valence electrons. The van der Waals surface area contributed by atoms with Gasteiger partial charge in [0.15, 0.2) is 0 Å². The van der Waals surface area contributed by atoms with E-state index in [4.69, 9.17) is 0 Å². The van der Waals surface area contributed by atoms with Crippen LogP contribution in [-0.4, -0.2) is 28.6 Å². The minimum Gasteiger partial charge on any atom is -0.356 e. The fraction of sp³-hybridized carbons (Fsp3) is 0.333. The highest BCUT2D eigenvalue weighted by Gasteiger charge is 2.22. The van der Waals surface area contributed by atoms with Gasteiger partial charge in [0.2, 0.25) is 6.35 Å². The Morgan fingerprint density at radius 2 is 2.24 bits per heavy atom. The number of carbonyl (C=O) groups excluding carboxylic acids is 2. The van der Waals surface area contributed by atoms with E-state index in [1.807, 2.05) is 0 Å². The van der Waals surface area contributed by atoms with Gasteiger partial charge in [0, 0.05) is 24.7 Å². The Hall–Kier alpha value is -2.21. The van der Waals surface area contributed by atoms with E-state index in [9.17, 15) is 19.1 Å². The number of hydrogen-bond acceptors (Lipinski definition) is 4. The van der Waals surface area contributed by atoms with Gasteiger partial charge in [0.25, 0.3) is 5.91 Å². The van der Waals surface area contributed by atoms with Crippen LogP contribution in [0.3, 0.4) is 0 Å². The normalized spacial score (nSPS) is 18.2. The van der Waals surface area contributed by atoms with E-state index < -0.39 is 6.35 Å². The lowest BCUT2D eigenvalue weighted by Crippen LogP contribution is -2.49. The second-order valence-electron chi connectivity index (χ2n) is 4.96. The fourth-order valence-corrected chi connectivity index (χ4v) is 2.14. The van der Waals surface area contributed by atoms with Crippen molar-refractivity contribution in [1.82, 2.24) is 10.2 Å². The van der Waals surface area contributed by atoms with E-state index >= 15 is 0 Å². The first-order valence-electron chi connectivity index (χ1n) is 6.65. The van der Waals surface area contributed by atoms with E-state index in [2.05, 4.69) is 5.32 Å². The summed E-state index contributed by atoms with van der Waals surface area (Å²) in [5.41, 5.74) is 1.63. The van der Waals surface area contributed by atoms with Crippen LogP contribution in [0.25, 0.3) is 0 Å². The molecule has 0 saturated heterocycles. The molecule has 1 aromatic carbocycles. The molecule has 6 heteroatoms. The molecule has 21 heavy (non-hydrogen) atoms. The van der Waals surface area contributed by atoms with Gasteiger partial charge in [-0.15, -0.1) is 0 Å². The molecule has 0 aliphatic carbocycles. The third-order valence-electron chi connectivity index (χ3n) is 3.31. The van der Waals surface area contributed by atoms with Crippen LogP contribution in [0, 0.1) is 5.82 Å². The Labute approximate surface area is 122 Å². The van der Waals surface area contributed by atoms with Gasteiger partial charge in [0.05, 0.1) is 0 Å². The average molecular weight is 292 g/mol. The van der Waals surface area contributed by atoms with Crippen molar-refractivity contribution in [3.05, 3.63) is 46.9 Å². The number of rotatable bonds is 5. The van der Waals surface area contributed by atoms with E-state index in [-0.39, 0.29) is 24.7 Å². The maximum atomic E-state index is 13.9. The van der Waals surface area contributed by atoms with Crippen molar-refractivity contribution < 1.29 is 19.1 Å². The van der Waals surface area contributed by atoms with Crippen molar-refractivity contribution in [2.24, 2.45) is 0 Å². The van der Waals surface area contributed by atoms with Gasteiger partial charge in [-0.25, -0.2) is 4.39 Å². The summed E-state index contributed by atoms with van der Waals surface area (Å²) in [6, 6.07) is 4.77. The molecular weight excluding hydrogens is 275 g/mol. The van der Waals surface area contributed by atoms with Crippen LogP contribution in [0.1, 0.15) is 24.5 Å². The summed E-state index contributed by atoms with van der Waals surface area (Å²) in [5, 5.41) is 12.2. The third kappa shape index (κ3) is 3.66. The maximum absolute atomic E-state index is 13.9. The molecule has 1 aliphatic rings. The number of hydrogen-bond donors (Lipinski definition) is 2. The number of benzene rings is 1. The van der Waals surface area contributed by atoms with E-state index in [1.54, 1.807) is 25.3 Å². The second kappa shape index (κ2) is 6.49. The van der Waals surface area contributed by atoms with E-state index in [1.165, 1.54) is 11.0 Å². The van der Waals surface area contributed by atoms with Crippen molar-refractivity contribution in [2.45, 2.75) is 32.7 Å². The molecule has 5 nitrogen and oxygen atoms in total. The quantitative estimate of drug-likeness (QED) is 0.797. The van der Waals surface area contributed by atoms with Gasteiger partial charge >= 0.3 is 0 Å². The van der Waals surface area contributed by atoms with Gasteiger partial charge in [0.1, 0.15) is 12.1 Å². The second-order valence-corrected chi connectivity index (χ2v) is 4.96.